The number of carbonyl (C=O) groups excluding carboxylic acids is 1. The third-order valence-corrected chi connectivity index (χ3v) is 6.07. The Morgan fingerprint density at radius 3 is 2.53 bits per heavy atom. The predicted molar refractivity (Wildman–Crippen MR) is 136 cm³/mol. The van der Waals surface area contributed by atoms with Crippen molar-refractivity contribution in [3.05, 3.63) is 89.9 Å². The summed E-state index contributed by atoms with van der Waals surface area (Å²) in [5.74, 6) is 1.42. The second-order valence-electron chi connectivity index (χ2n) is 8.19. The van der Waals surface area contributed by atoms with Crippen LogP contribution in [0.15, 0.2) is 78.8 Å². The van der Waals surface area contributed by atoms with E-state index in [1.54, 1.807) is 13.3 Å². The number of urea groups is 1. The molecule has 0 spiro atoms. The number of ether oxygens (including phenoxy) is 2. The number of aromatic nitrogens is 1. The van der Waals surface area contributed by atoms with Crippen LogP contribution in [0.25, 0.3) is 6.08 Å². The third kappa shape index (κ3) is 4.66. The Hall–Kier alpha value is -3.68. The van der Waals surface area contributed by atoms with E-state index in [0.29, 0.717) is 31.3 Å². The first kappa shape index (κ1) is 23.5. The van der Waals surface area contributed by atoms with E-state index in [9.17, 15) is 4.79 Å². The third-order valence-electron chi connectivity index (χ3n) is 6.07. The van der Waals surface area contributed by atoms with Crippen LogP contribution in [0.1, 0.15) is 18.1 Å². The molecular weight excluding hydrogens is 428 g/mol. The van der Waals surface area contributed by atoms with Gasteiger partial charge < -0.3 is 14.4 Å². The standard InChI is InChI=1S/C27H30N4O3/c1-4-31(27(32)29-23-14-15-25(28-19-23)30(2)16-17-33-3)24-13-9-8-12-22(24)18-26(31)34-20-21-10-6-5-7-11-21/h5-15,18-19H,4,16-17,20H2,1-3H3/p+1/t31-/m0/s1. The SMILES string of the molecule is CC[N@@+]1(C(=O)Nc2ccc(N(C)CCOC)nc2)C(OCc2ccccc2)=Cc2ccccc21. The Bertz CT molecular complexity index is 1150. The summed E-state index contributed by atoms with van der Waals surface area (Å²) in [5.41, 5.74) is 3.56. The van der Waals surface area contributed by atoms with Gasteiger partial charge in [-0.1, -0.05) is 42.5 Å². The van der Waals surface area contributed by atoms with Gasteiger partial charge in [0.1, 0.15) is 12.4 Å². The topological polar surface area (TPSA) is 63.7 Å². The average Bonchev–Trinajstić information content (AvgIpc) is 3.21. The van der Waals surface area contributed by atoms with Crippen LogP contribution in [0, 0.1) is 0 Å². The van der Waals surface area contributed by atoms with Crippen LogP contribution < -0.4 is 14.7 Å². The zero-order valence-corrected chi connectivity index (χ0v) is 19.9. The molecule has 0 fully saturated rings. The number of hydrogen-bond donors (Lipinski definition) is 1. The Labute approximate surface area is 200 Å². The van der Waals surface area contributed by atoms with Crippen LogP contribution in [-0.4, -0.2) is 44.9 Å². The molecule has 34 heavy (non-hydrogen) atoms. The number of pyridine rings is 1. The maximum absolute atomic E-state index is 13.8. The van der Waals surface area contributed by atoms with Gasteiger partial charge in [-0.15, -0.1) is 4.48 Å². The number of rotatable bonds is 9. The zero-order chi connectivity index (χ0) is 24.0. The Morgan fingerprint density at radius 1 is 1.06 bits per heavy atom. The second-order valence-corrected chi connectivity index (χ2v) is 8.19. The van der Waals surface area contributed by atoms with E-state index in [0.717, 1.165) is 29.2 Å². The molecule has 1 atom stereocenters. The van der Waals surface area contributed by atoms with Gasteiger partial charge in [-0.2, -0.15) is 0 Å². The quantitative estimate of drug-likeness (QED) is 0.443. The normalized spacial score (nSPS) is 16.5. The van der Waals surface area contributed by atoms with Crippen LogP contribution in [0.4, 0.5) is 22.0 Å². The number of para-hydroxylation sites is 1. The number of carbonyl (C=O) groups is 1. The van der Waals surface area contributed by atoms with Crippen LogP contribution in [0.2, 0.25) is 0 Å². The number of amides is 2. The van der Waals surface area contributed by atoms with Crippen LogP contribution in [-0.2, 0) is 16.1 Å². The highest BCUT2D eigenvalue weighted by atomic mass is 16.5. The van der Waals surface area contributed by atoms with Crippen molar-refractivity contribution in [2.24, 2.45) is 0 Å². The fourth-order valence-corrected chi connectivity index (χ4v) is 4.13. The smallest absolute Gasteiger partial charge is 0.433 e. The monoisotopic (exact) mass is 459 g/mol. The fourth-order valence-electron chi connectivity index (χ4n) is 4.13. The van der Waals surface area contributed by atoms with E-state index in [4.69, 9.17) is 9.47 Å². The molecule has 0 aliphatic carbocycles. The summed E-state index contributed by atoms with van der Waals surface area (Å²) in [6, 6.07) is 21.5. The molecule has 7 heteroatoms. The molecule has 7 nitrogen and oxygen atoms in total. The van der Waals surface area contributed by atoms with Gasteiger partial charge in [0.15, 0.2) is 5.69 Å². The highest BCUT2D eigenvalue weighted by molar-refractivity contribution is 6.03. The van der Waals surface area contributed by atoms with Crippen LogP contribution >= 0.6 is 0 Å². The molecule has 4 rings (SSSR count). The summed E-state index contributed by atoms with van der Waals surface area (Å²) < 4.78 is 11.4. The lowest BCUT2D eigenvalue weighted by Crippen LogP contribution is -2.54. The molecule has 0 bridgehead atoms. The Balaban J connectivity index is 1.57. The number of hydrogen-bond acceptors (Lipinski definition) is 5. The summed E-state index contributed by atoms with van der Waals surface area (Å²) in [6.45, 7) is 4.24. The maximum atomic E-state index is 13.8. The van der Waals surface area contributed by atoms with Gasteiger partial charge >= 0.3 is 11.9 Å². The first-order valence-corrected chi connectivity index (χ1v) is 11.4. The molecule has 1 aliphatic rings. The number of fused-ring (bicyclic) bond motifs is 1. The minimum atomic E-state index is -0.186. The van der Waals surface area contributed by atoms with Crippen molar-refractivity contribution in [1.29, 1.82) is 0 Å². The van der Waals surface area contributed by atoms with E-state index in [2.05, 4.69) is 10.3 Å². The summed E-state index contributed by atoms with van der Waals surface area (Å²) in [6.07, 6.45) is 3.65. The molecule has 2 aromatic carbocycles. The van der Waals surface area contributed by atoms with E-state index in [-0.39, 0.29) is 10.5 Å². The van der Waals surface area contributed by atoms with Gasteiger partial charge in [0.05, 0.1) is 31.1 Å². The van der Waals surface area contributed by atoms with Gasteiger partial charge in [0, 0.05) is 32.3 Å². The number of likely N-dealkylation sites (N-methyl/N-ethyl adjacent to an activating group) is 1. The van der Waals surface area contributed by atoms with Crippen molar-refractivity contribution in [3.8, 4) is 0 Å². The van der Waals surface area contributed by atoms with Crippen LogP contribution in [0.3, 0.4) is 0 Å². The van der Waals surface area contributed by atoms with E-state index in [1.807, 2.05) is 91.7 Å². The Morgan fingerprint density at radius 2 is 1.82 bits per heavy atom. The van der Waals surface area contributed by atoms with Gasteiger partial charge in [0.2, 0.25) is 0 Å². The molecule has 0 saturated carbocycles. The van der Waals surface area contributed by atoms with Gasteiger partial charge in [-0.25, -0.2) is 9.78 Å². The summed E-state index contributed by atoms with van der Waals surface area (Å²) >= 11 is 0. The average molecular weight is 460 g/mol. The number of anilines is 2. The molecular formula is C27H31N4O3+. The Kier molecular flexibility index (Phi) is 7.25. The molecule has 2 amide bonds. The molecule has 0 radical (unpaired) electrons. The number of nitrogens with zero attached hydrogens (tertiary/aromatic N) is 3. The molecule has 0 unspecified atom stereocenters. The van der Waals surface area contributed by atoms with Gasteiger partial charge in [-0.3, -0.25) is 5.32 Å². The zero-order valence-electron chi connectivity index (χ0n) is 19.9. The summed E-state index contributed by atoms with van der Waals surface area (Å²) in [5, 5.41) is 3.06. The highest BCUT2D eigenvalue weighted by Gasteiger charge is 2.49. The molecule has 1 aliphatic heterocycles. The van der Waals surface area contributed by atoms with Crippen molar-refractivity contribution in [2.45, 2.75) is 13.5 Å². The van der Waals surface area contributed by atoms with E-state index in [1.165, 1.54) is 0 Å². The highest BCUT2D eigenvalue weighted by Crippen LogP contribution is 2.41. The lowest BCUT2D eigenvalue weighted by Gasteiger charge is -2.31. The number of benzene rings is 2. The number of quaternary nitrogens is 1. The van der Waals surface area contributed by atoms with E-state index < -0.39 is 0 Å². The summed E-state index contributed by atoms with van der Waals surface area (Å²) in [4.78, 5) is 20.3. The second kappa shape index (κ2) is 10.5. The summed E-state index contributed by atoms with van der Waals surface area (Å²) in [7, 11) is 3.63. The number of methoxy groups -OCH3 is 1. The van der Waals surface area contributed by atoms with Gasteiger partial charge in [0.25, 0.3) is 0 Å². The van der Waals surface area contributed by atoms with Crippen molar-refractivity contribution in [2.75, 3.05) is 44.1 Å². The van der Waals surface area contributed by atoms with Crippen molar-refractivity contribution in [1.82, 2.24) is 9.47 Å². The molecule has 176 valence electrons. The first-order valence-electron chi connectivity index (χ1n) is 11.4. The molecule has 2 heterocycles. The maximum Gasteiger partial charge on any atom is 0.433 e. The molecule has 1 N–H and O–H groups in total. The van der Waals surface area contributed by atoms with Crippen molar-refractivity contribution >= 4 is 29.3 Å². The van der Waals surface area contributed by atoms with Crippen molar-refractivity contribution in [3.63, 3.8) is 0 Å². The largest absolute Gasteiger partial charge is 0.446 e. The minimum Gasteiger partial charge on any atom is -0.446 e. The van der Waals surface area contributed by atoms with Gasteiger partial charge in [-0.05, 0) is 30.7 Å². The predicted octanol–water partition coefficient (Wildman–Crippen LogP) is 5.25. The molecule has 0 saturated heterocycles. The van der Waals surface area contributed by atoms with Crippen molar-refractivity contribution < 1.29 is 14.3 Å². The fraction of sp³-hybridized carbons (Fsp3) is 0.259. The molecule has 1 aromatic heterocycles. The van der Waals surface area contributed by atoms with Crippen LogP contribution in [0.5, 0.6) is 0 Å². The lowest BCUT2D eigenvalue weighted by atomic mass is 10.2. The minimum absolute atomic E-state index is 0.0432. The lowest BCUT2D eigenvalue weighted by molar-refractivity contribution is 0.127. The number of nitrogens with one attached hydrogen (secondary N) is 1. The van der Waals surface area contributed by atoms with E-state index >= 15 is 0 Å². The first-order chi connectivity index (χ1) is 16.6. The molecule has 3 aromatic rings.